The summed E-state index contributed by atoms with van der Waals surface area (Å²) in [5, 5.41) is 21.0. The second kappa shape index (κ2) is 8.64. The first kappa shape index (κ1) is 18.9. The van der Waals surface area contributed by atoms with Crippen LogP contribution in [0.4, 0.5) is 5.69 Å². The molecule has 9 heteroatoms. The van der Waals surface area contributed by atoms with Crippen molar-refractivity contribution in [3.05, 3.63) is 39.4 Å². The van der Waals surface area contributed by atoms with E-state index < -0.39 is 17.9 Å². The molecule has 134 valence electrons. The number of nitro benzene ring substituents is 1. The first-order valence-corrected chi connectivity index (χ1v) is 8.00. The van der Waals surface area contributed by atoms with Crippen LogP contribution in [0.2, 0.25) is 6.82 Å². The van der Waals surface area contributed by atoms with Gasteiger partial charge in [-0.3, -0.25) is 10.1 Å². The molecule has 1 aromatic rings. The van der Waals surface area contributed by atoms with Crippen LogP contribution in [0.1, 0.15) is 18.4 Å². The Morgan fingerprint density at radius 2 is 2.28 bits per heavy atom. The van der Waals surface area contributed by atoms with Gasteiger partial charge in [-0.15, -0.1) is 0 Å². The van der Waals surface area contributed by atoms with E-state index in [1.165, 1.54) is 19.2 Å². The maximum Gasteiger partial charge on any atom is 0.376 e. The summed E-state index contributed by atoms with van der Waals surface area (Å²) in [4.78, 5) is 23.8. The first-order valence-electron chi connectivity index (χ1n) is 8.00. The Labute approximate surface area is 146 Å². The monoisotopic (exact) mass is 348 g/mol. The number of esters is 1. The molecule has 0 saturated carbocycles. The molecular formula is C16H21BN2O6. The van der Waals surface area contributed by atoms with Crippen molar-refractivity contribution >= 4 is 24.8 Å². The number of hydrogen-bond acceptors (Lipinski definition) is 7. The molecule has 0 amide bonds. The minimum atomic E-state index is -0.610. The number of methoxy groups -OCH3 is 1. The summed E-state index contributed by atoms with van der Waals surface area (Å²) in [7, 11) is 0.697. The predicted molar refractivity (Wildman–Crippen MR) is 93.2 cm³/mol. The third kappa shape index (κ3) is 5.30. The molecule has 1 N–H and O–H groups in total. The van der Waals surface area contributed by atoms with Crippen LogP contribution in [0, 0.1) is 10.1 Å². The largest absolute Gasteiger partial charge is 0.475 e. The van der Waals surface area contributed by atoms with Crippen LogP contribution in [-0.2, 0) is 9.53 Å². The fourth-order valence-corrected chi connectivity index (χ4v) is 2.69. The van der Waals surface area contributed by atoms with Gasteiger partial charge in [0, 0.05) is 12.6 Å². The molecule has 0 bridgehead atoms. The zero-order chi connectivity index (χ0) is 18.4. The van der Waals surface area contributed by atoms with E-state index in [9.17, 15) is 19.9 Å². The van der Waals surface area contributed by atoms with Crippen molar-refractivity contribution in [2.75, 3.05) is 26.8 Å². The van der Waals surface area contributed by atoms with Crippen molar-refractivity contribution in [3.63, 3.8) is 0 Å². The highest BCUT2D eigenvalue weighted by Crippen LogP contribution is 2.29. The minimum absolute atomic E-state index is 0.0202. The summed E-state index contributed by atoms with van der Waals surface area (Å²) in [5.74, 6) is -0.590. The zero-order valence-corrected chi connectivity index (χ0v) is 14.3. The van der Waals surface area contributed by atoms with Crippen LogP contribution in [0.3, 0.4) is 0 Å². The molecule has 0 aromatic heterocycles. The lowest BCUT2D eigenvalue weighted by Crippen LogP contribution is -2.41. The highest BCUT2D eigenvalue weighted by atomic mass is 16.6. The van der Waals surface area contributed by atoms with Gasteiger partial charge in [-0.05, 0) is 37.8 Å². The molecule has 0 spiro atoms. The van der Waals surface area contributed by atoms with Gasteiger partial charge in [0.05, 0.1) is 12.0 Å². The number of hydrogen-bond donors (Lipinski definition) is 1. The fraction of sp³-hybridized carbons (Fsp3) is 0.438. The molecule has 8 nitrogen and oxygen atoms in total. The average molecular weight is 348 g/mol. The summed E-state index contributed by atoms with van der Waals surface area (Å²) < 4.78 is 9.62. The summed E-state index contributed by atoms with van der Waals surface area (Å²) in [6.07, 6.45) is 3.71. The van der Waals surface area contributed by atoms with Crippen LogP contribution < -0.4 is 4.74 Å². The molecule has 1 fully saturated rings. The normalized spacial score (nSPS) is 16.5. The quantitative estimate of drug-likeness (QED) is 0.361. The third-order valence-electron chi connectivity index (χ3n) is 4.00. The lowest BCUT2D eigenvalue weighted by atomic mass is 9.82. The Morgan fingerprint density at radius 3 is 2.92 bits per heavy atom. The van der Waals surface area contributed by atoms with E-state index in [0.29, 0.717) is 12.1 Å². The highest BCUT2D eigenvalue weighted by Gasteiger charge is 2.21. The first-order chi connectivity index (χ1) is 11.9. The summed E-state index contributed by atoms with van der Waals surface area (Å²) >= 11 is 0. The van der Waals surface area contributed by atoms with Crippen molar-refractivity contribution in [3.8, 4) is 5.75 Å². The predicted octanol–water partition coefficient (Wildman–Crippen LogP) is 1.74. The SMILES string of the molecule is COC(=O)COc1ccc(/C=C2\CCCN(B(C)O)C2)cc1[N+](=O)[O-]. The van der Waals surface area contributed by atoms with Gasteiger partial charge < -0.3 is 19.3 Å². The van der Waals surface area contributed by atoms with E-state index in [1.54, 1.807) is 12.9 Å². The Morgan fingerprint density at radius 1 is 1.52 bits per heavy atom. The lowest BCUT2D eigenvalue weighted by Gasteiger charge is -2.29. The second-order valence-corrected chi connectivity index (χ2v) is 5.86. The molecule has 1 aromatic carbocycles. The maximum absolute atomic E-state index is 11.3. The summed E-state index contributed by atoms with van der Waals surface area (Å²) in [5.41, 5.74) is 1.57. The van der Waals surface area contributed by atoms with Gasteiger partial charge in [0.1, 0.15) is 0 Å². The molecule has 2 rings (SSSR count). The van der Waals surface area contributed by atoms with Gasteiger partial charge in [0.25, 0.3) is 0 Å². The van der Waals surface area contributed by atoms with Crippen molar-refractivity contribution in [2.45, 2.75) is 19.7 Å². The van der Waals surface area contributed by atoms with Crippen LogP contribution in [0.25, 0.3) is 6.08 Å². The van der Waals surface area contributed by atoms with Gasteiger partial charge in [0.2, 0.25) is 0 Å². The Bertz CT molecular complexity index is 677. The smallest absolute Gasteiger partial charge is 0.376 e. The molecule has 0 atom stereocenters. The number of ether oxygens (including phenoxy) is 2. The maximum atomic E-state index is 11.3. The topological polar surface area (TPSA) is 102 Å². The number of carbonyl (C=O) groups excluding carboxylic acids is 1. The molecule has 0 aliphatic carbocycles. The molecule has 25 heavy (non-hydrogen) atoms. The number of nitro groups is 1. The van der Waals surface area contributed by atoms with Crippen molar-refractivity contribution < 1.29 is 24.2 Å². The third-order valence-corrected chi connectivity index (χ3v) is 4.00. The molecule has 0 unspecified atom stereocenters. The number of carbonyl (C=O) groups is 1. The molecule has 1 aliphatic heterocycles. The van der Waals surface area contributed by atoms with Gasteiger partial charge in [-0.1, -0.05) is 17.7 Å². The van der Waals surface area contributed by atoms with Crippen molar-refractivity contribution in [1.82, 2.24) is 4.81 Å². The molecule has 1 aliphatic rings. The minimum Gasteiger partial charge on any atom is -0.475 e. The van der Waals surface area contributed by atoms with Gasteiger partial charge in [-0.2, -0.15) is 0 Å². The van der Waals surface area contributed by atoms with Crippen LogP contribution in [-0.4, -0.2) is 54.6 Å². The van der Waals surface area contributed by atoms with E-state index in [0.717, 1.165) is 25.0 Å². The Kier molecular flexibility index (Phi) is 6.54. The summed E-state index contributed by atoms with van der Waals surface area (Å²) in [6.45, 7) is 2.80. The second-order valence-electron chi connectivity index (χ2n) is 5.86. The van der Waals surface area contributed by atoms with Gasteiger partial charge >= 0.3 is 18.7 Å². The molecule has 0 radical (unpaired) electrons. The van der Waals surface area contributed by atoms with E-state index in [-0.39, 0.29) is 18.0 Å². The zero-order valence-electron chi connectivity index (χ0n) is 14.3. The molecule has 1 saturated heterocycles. The number of benzene rings is 1. The van der Waals surface area contributed by atoms with Crippen molar-refractivity contribution in [2.24, 2.45) is 0 Å². The van der Waals surface area contributed by atoms with E-state index in [4.69, 9.17) is 4.74 Å². The standard InChI is InChI=1S/C16H21BN2O6/c1-17(21)18-7-3-4-13(10-18)8-12-5-6-15(14(9-12)19(22)23)25-11-16(20)24-2/h5-6,8-9,21H,3-4,7,10-11H2,1-2H3/b13-8+. The van der Waals surface area contributed by atoms with Crippen molar-refractivity contribution in [1.29, 1.82) is 0 Å². The highest BCUT2D eigenvalue weighted by molar-refractivity contribution is 6.45. The Hall–Kier alpha value is -2.39. The fourth-order valence-electron chi connectivity index (χ4n) is 2.69. The average Bonchev–Trinajstić information content (AvgIpc) is 2.60. The van der Waals surface area contributed by atoms with E-state index in [1.807, 2.05) is 10.9 Å². The van der Waals surface area contributed by atoms with Crippen LogP contribution in [0.15, 0.2) is 23.8 Å². The Balaban J connectivity index is 2.19. The molecular weight excluding hydrogens is 327 g/mol. The number of nitrogens with zero attached hydrogens (tertiary/aromatic N) is 2. The molecule has 1 heterocycles. The summed E-state index contributed by atoms with van der Waals surface area (Å²) in [6, 6.07) is 4.59. The lowest BCUT2D eigenvalue weighted by molar-refractivity contribution is -0.385. The van der Waals surface area contributed by atoms with Gasteiger partial charge in [0.15, 0.2) is 12.4 Å². The number of rotatable bonds is 6. The van der Waals surface area contributed by atoms with Crippen LogP contribution >= 0.6 is 0 Å². The van der Waals surface area contributed by atoms with E-state index in [2.05, 4.69) is 4.74 Å². The van der Waals surface area contributed by atoms with Gasteiger partial charge in [-0.25, -0.2) is 4.79 Å². The van der Waals surface area contributed by atoms with E-state index >= 15 is 0 Å². The van der Waals surface area contributed by atoms with Crippen LogP contribution in [0.5, 0.6) is 5.75 Å². The number of piperidine rings is 1.